The van der Waals surface area contributed by atoms with E-state index in [1.165, 1.54) is 18.9 Å². The van der Waals surface area contributed by atoms with Crippen molar-refractivity contribution < 1.29 is 18.7 Å². The average molecular weight is 461 g/mol. The zero-order valence-corrected chi connectivity index (χ0v) is 21.1. The molecule has 2 saturated heterocycles. The zero-order chi connectivity index (χ0) is 24.2. The number of nitrogens with zero attached hydrogens (tertiary/aromatic N) is 2. The second-order valence-electron chi connectivity index (χ2n) is 10.5. The van der Waals surface area contributed by atoms with E-state index < -0.39 is 11.0 Å². The molecule has 1 amide bonds. The van der Waals surface area contributed by atoms with Crippen molar-refractivity contribution in [3.63, 3.8) is 0 Å². The summed E-state index contributed by atoms with van der Waals surface area (Å²) in [6, 6.07) is 3.52. The van der Waals surface area contributed by atoms with Gasteiger partial charge in [0.2, 0.25) is 0 Å². The van der Waals surface area contributed by atoms with E-state index in [4.69, 9.17) is 9.47 Å². The lowest BCUT2D eigenvalue weighted by Gasteiger charge is -2.44. The molecule has 5 nitrogen and oxygen atoms in total. The van der Waals surface area contributed by atoms with Crippen molar-refractivity contribution in [2.24, 2.45) is 0 Å². The summed E-state index contributed by atoms with van der Waals surface area (Å²) in [6.07, 6.45) is 4.15. The maximum absolute atomic E-state index is 15.7. The quantitative estimate of drug-likeness (QED) is 0.489. The number of ether oxygens (including phenoxy) is 2. The number of rotatable bonds is 7. The molecule has 0 radical (unpaired) electrons. The molecule has 2 fully saturated rings. The average Bonchev–Trinajstić information content (AvgIpc) is 3.25. The van der Waals surface area contributed by atoms with Crippen LogP contribution in [0.4, 0.5) is 9.18 Å². The maximum atomic E-state index is 15.7. The second kappa shape index (κ2) is 10.5. The molecule has 33 heavy (non-hydrogen) atoms. The number of hydrogen-bond acceptors (Lipinski definition) is 4. The number of allylic oxidation sites excluding steroid dienone is 1. The van der Waals surface area contributed by atoms with E-state index in [1.54, 1.807) is 4.90 Å². The topological polar surface area (TPSA) is 42.0 Å². The van der Waals surface area contributed by atoms with Gasteiger partial charge in [-0.1, -0.05) is 19.1 Å². The third kappa shape index (κ3) is 6.08. The zero-order valence-electron chi connectivity index (χ0n) is 21.1. The van der Waals surface area contributed by atoms with E-state index >= 15 is 4.39 Å². The molecule has 0 unspecified atom stereocenters. The minimum absolute atomic E-state index is 0.237. The van der Waals surface area contributed by atoms with Gasteiger partial charge in [-0.25, -0.2) is 9.18 Å². The van der Waals surface area contributed by atoms with Crippen LogP contribution < -0.4 is 4.74 Å². The Morgan fingerprint density at radius 3 is 2.33 bits per heavy atom. The van der Waals surface area contributed by atoms with Crippen LogP contribution in [0.2, 0.25) is 0 Å². The number of hydrogen-bond donors (Lipinski definition) is 0. The summed E-state index contributed by atoms with van der Waals surface area (Å²) < 4.78 is 27.1. The van der Waals surface area contributed by atoms with Crippen molar-refractivity contribution in [2.75, 3.05) is 39.3 Å². The van der Waals surface area contributed by atoms with Crippen LogP contribution in [-0.4, -0.2) is 60.8 Å². The van der Waals surface area contributed by atoms with E-state index in [1.807, 2.05) is 40.7 Å². The molecule has 2 heterocycles. The monoisotopic (exact) mass is 460 g/mol. The summed E-state index contributed by atoms with van der Waals surface area (Å²) in [7, 11) is 0. The van der Waals surface area contributed by atoms with Crippen LogP contribution in [0.15, 0.2) is 24.3 Å². The Balaban J connectivity index is 1.77. The Bertz CT molecular complexity index is 848. The first-order valence-corrected chi connectivity index (χ1v) is 12.4. The standard InChI is InChI=1S/C27H41FN2O3/c1-7-21-18-22(32-17-16-29-12-8-9-13-29)19-23(28)24(21)27(20(2)3)10-14-30(15-11-27)25(31)33-26(4,5)6/h18-19H,2,7-17H2,1,3-6H3. The van der Waals surface area contributed by atoms with Gasteiger partial charge in [-0.15, -0.1) is 0 Å². The fraction of sp³-hybridized carbons (Fsp3) is 0.667. The minimum Gasteiger partial charge on any atom is -0.492 e. The highest BCUT2D eigenvalue weighted by Crippen LogP contribution is 2.45. The number of carbonyl (C=O) groups is 1. The number of likely N-dealkylation sites (tertiary alicyclic amines) is 2. The highest BCUT2D eigenvalue weighted by molar-refractivity contribution is 5.68. The molecule has 0 aromatic heterocycles. The van der Waals surface area contributed by atoms with Crippen LogP contribution in [-0.2, 0) is 16.6 Å². The fourth-order valence-corrected chi connectivity index (χ4v) is 5.12. The third-order valence-electron chi connectivity index (χ3n) is 6.97. The Kier molecular flexibility index (Phi) is 8.09. The number of piperidine rings is 1. The SMILES string of the molecule is C=C(C)C1(c2c(F)cc(OCCN3CCCC3)cc2CC)CCN(C(=O)OC(C)(C)C)CC1. The first kappa shape index (κ1) is 25.5. The Labute approximate surface area is 198 Å². The lowest BCUT2D eigenvalue weighted by atomic mass is 9.66. The van der Waals surface area contributed by atoms with Crippen molar-refractivity contribution in [2.45, 2.75) is 77.7 Å². The minimum atomic E-state index is -0.536. The highest BCUT2D eigenvalue weighted by Gasteiger charge is 2.42. The lowest BCUT2D eigenvalue weighted by molar-refractivity contribution is 0.0177. The number of aryl methyl sites for hydroxylation is 1. The summed E-state index contributed by atoms with van der Waals surface area (Å²) in [6.45, 7) is 18.6. The molecule has 1 aromatic carbocycles. The van der Waals surface area contributed by atoms with Crippen LogP contribution in [0.3, 0.4) is 0 Å². The summed E-state index contributed by atoms with van der Waals surface area (Å²) in [5.41, 5.74) is 1.57. The first-order chi connectivity index (χ1) is 15.6. The van der Waals surface area contributed by atoms with Gasteiger partial charge in [0.1, 0.15) is 23.8 Å². The largest absolute Gasteiger partial charge is 0.492 e. The summed E-state index contributed by atoms with van der Waals surface area (Å²) in [4.78, 5) is 16.7. The van der Waals surface area contributed by atoms with E-state index in [0.29, 0.717) is 50.3 Å². The van der Waals surface area contributed by atoms with Crippen molar-refractivity contribution >= 4 is 6.09 Å². The lowest BCUT2D eigenvalue weighted by Crippen LogP contribution is -2.47. The molecule has 0 spiro atoms. The summed E-state index contributed by atoms with van der Waals surface area (Å²) in [5.74, 6) is 0.356. The molecule has 184 valence electrons. The van der Waals surface area contributed by atoms with Gasteiger partial charge in [0, 0.05) is 36.7 Å². The van der Waals surface area contributed by atoms with Crippen LogP contribution in [0.25, 0.3) is 0 Å². The van der Waals surface area contributed by atoms with Gasteiger partial charge in [0.25, 0.3) is 0 Å². The molecule has 2 aliphatic heterocycles. The molecule has 0 atom stereocenters. The Morgan fingerprint density at radius 2 is 1.79 bits per heavy atom. The smallest absolute Gasteiger partial charge is 0.410 e. The molecule has 3 rings (SSSR count). The number of halogens is 1. The van der Waals surface area contributed by atoms with Crippen molar-refractivity contribution in [1.82, 2.24) is 9.80 Å². The van der Waals surface area contributed by atoms with Gasteiger partial charge in [0.05, 0.1) is 0 Å². The van der Waals surface area contributed by atoms with Gasteiger partial charge in [0.15, 0.2) is 0 Å². The molecular formula is C27H41FN2O3. The maximum Gasteiger partial charge on any atom is 0.410 e. The van der Waals surface area contributed by atoms with Gasteiger partial charge in [-0.2, -0.15) is 0 Å². The van der Waals surface area contributed by atoms with Gasteiger partial charge in [-0.05, 0) is 84.5 Å². The predicted octanol–water partition coefficient (Wildman–Crippen LogP) is 5.71. The van der Waals surface area contributed by atoms with Gasteiger partial charge >= 0.3 is 6.09 Å². The van der Waals surface area contributed by atoms with Crippen molar-refractivity contribution in [3.8, 4) is 5.75 Å². The van der Waals surface area contributed by atoms with E-state index in [-0.39, 0.29) is 11.9 Å². The van der Waals surface area contributed by atoms with E-state index in [0.717, 1.165) is 30.8 Å². The van der Waals surface area contributed by atoms with Crippen LogP contribution >= 0.6 is 0 Å². The predicted molar refractivity (Wildman–Crippen MR) is 130 cm³/mol. The summed E-state index contributed by atoms with van der Waals surface area (Å²) >= 11 is 0. The Morgan fingerprint density at radius 1 is 1.15 bits per heavy atom. The fourth-order valence-electron chi connectivity index (χ4n) is 5.12. The third-order valence-corrected chi connectivity index (χ3v) is 6.97. The molecule has 2 aliphatic rings. The molecule has 0 N–H and O–H groups in total. The molecule has 0 saturated carbocycles. The second-order valence-corrected chi connectivity index (χ2v) is 10.5. The molecule has 0 bridgehead atoms. The van der Waals surface area contributed by atoms with Gasteiger partial charge < -0.3 is 14.4 Å². The van der Waals surface area contributed by atoms with Crippen LogP contribution in [0, 0.1) is 5.82 Å². The van der Waals surface area contributed by atoms with Crippen LogP contribution in [0.1, 0.15) is 71.4 Å². The molecule has 0 aliphatic carbocycles. The number of amides is 1. The molecular weight excluding hydrogens is 419 g/mol. The molecule has 6 heteroatoms. The highest BCUT2D eigenvalue weighted by atomic mass is 19.1. The first-order valence-electron chi connectivity index (χ1n) is 12.4. The normalized spacial score (nSPS) is 18.9. The number of carbonyl (C=O) groups excluding carboxylic acids is 1. The Hall–Kier alpha value is -2.08. The van der Waals surface area contributed by atoms with E-state index in [9.17, 15) is 4.79 Å². The van der Waals surface area contributed by atoms with E-state index in [2.05, 4.69) is 11.5 Å². The van der Waals surface area contributed by atoms with Crippen molar-refractivity contribution in [1.29, 1.82) is 0 Å². The summed E-state index contributed by atoms with van der Waals surface area (Å²) in [5, 5.41) is 0. The van der Waals surface area contributed by atoms with Crippen molar-refractivity contribution in [3.05, 3.63) is 41.2 Å². The van der Waals surface area contributed by atoms with Crippen LogP contribution in [0.5, 0.6) is 5.75 Å². The van der Waals surface area contributed by atoms with Gasteiger partial charge in [-0.3, -0.25) is 4.90 Å². The number of benzene rings is 1. The molecule has 1 aromatic rings.